The van der Waals surface area contributed by atoms with E-state index in [1.165, 1.54) is 16.6 Å². The number of anilines is 2. The molecule has 174 valence electrons. The number of carbonyl (C=O) groups excluding carboxylic acids is 1. The average Bonchev–Trinajstić information content (AvgIpc) is 2.81. The van der Waals surface area contributed by atoms with Crippen LogP contribution in [0.1, 0.15) is 44.1 Å². The van der Waals surface area contributed by atoms with Gasteiger partial charge in [0.15, 0.2) is 0 Å². The summed E-state index contributed by atoms with van der Waals surface area (Å²) in [4.78, 5) is 41.9. The predicted octanol–water partition coefficient (Wildman–Crippen LogP) is 1.89. The van der Waals surface area contributed by atoms with Crippen LogP contribution in [0.15, 0.2) is 51.6 Å². The molecule has 1 aliphatic rings. The number of aromatic nitrogens is 2. The molecule has 33 heavy (non-hydrogen) atoms. The number of H-pyrrole nitrogens is 1. The zero-order chi connectivity index (χ0) is 23.6. The first kappa shape index (κ1) is 23.9. The van der Waals surface area contributed by atoms with Gasteiger partial charge in [0.05, 0.1) is 25.6 Å². The van der Waals surface area contributed by atoms with Crippen LogP contribution in [0.4, 0.5) is 11.5 Å². The second-order valence-electron chi connectivity index (χ2n) is 8.10. The van der Waals surface area contributed by atoms with E-state index >= 15 is 0 Å². The van der Waals surface area contributed by atoms with E-state index in [1.54, 1.807) is 4.90 Å². The van der Waals surface area contributed by atoms with E-state index in [0.29, 0.717) is 13.0 Å². The number of nitrogens with zero attached hydrogens (tertiary/aromatic N) is 3. The summed E-state index contributed by atoms with van der Waals surface area (Å²) in [6.07, 6.45) is 7.46. The predicted molar refractivity (Wildman–Crippen MR) is 128 cm³/mol. The molecule has 0 saturated carbocycles. The minimum atomic E-state index is -0.621. The highest BCUT2D eigenvalue weighted by atomic mass is 16.2. The van der Waals surface area contributed by atoms with Crippen LogP contribution in [0.2, 0.25) is 0 Å². The summed E-state index contributed by atoms with van der Waals surface area (Å²) in [6, 6.07) is 11.3. The van der Waals surface area contributed by atoms with E-state index in [1.807, 2.05) is 36.4 Å². The first-order chi connectivity index (χ1) is 16.0. The third kappa shape index (κ3) is 6.59. The normalized spacial score (nSPS) is 13.1. The zero-order valence-electron chi connectivity index (χ0n) is 18.7. The average molecular weight is 451 g/mol. The molecular formula is C24H30N6O3. The lowest BCUT2D eigenvalue weighted by Gasteiger charge is -2.26. The minimum Gasteiger partial charge on any atom is -0.383 e. The lowest BCUT2D eigenvalue weighted by molar-refractivity contribution is -0.119. The number of aromatic amines is 1. The molecular weight excluding hydrogens is 420 g/mol. The molecule has 0 atom stereocenters. The fraction of sp³-hybridized carbons (Fsp3) is 0.417. The van der Waals surface area contributed by atoms with E-state index in [2.05, 4.69) is 16.4 Å². The van der Waals surface area contributed by atoms with Crippen molar-refractivity contribution in [3.05, 3.63) is 68.4 Å². The number of amides is 1. The number of hydrogen-bond acceptors (Lipinski definition) is 6. The van der Waals surface area contributed by atoms with Crippen molar-refractivity contribution >= 4 is 17.4 Å². The van der Waals surface area contributed by atoms with Gasteiger partial charge in [0.25, 0.3) is 5.56 Å². The van der Waals surface area contributed by atoms with Crippen molar-refractivity contribution in [1.29, 1.82) is 5.26 Å². The van der Waals surface area contributed by atoms with Crippen molar-refractivity contribution in [2.45, 2.75) is 45.1 Å². The summed E-state index contributed by atoms with van der Waals surface area (Å²) in [5.41, 5.74) is 7.39. The van der Waals surface area contributed by atoms with Crippen LogP contribution in [0, 0.1) is 11.3 Å². The second kappa shape index (κ2) is 11.7. The summed E-state index contributed by atoms with van der Waals surface area (Å²) >= 11 is 0. The maximum absolute atomic E-state index is 12.8. The molecule has 0 saturated heterocycles. The van der Waals surface area contributed by atoms with Gasteiger partial charge in [-0.2, -0.15) is 5.26 Å². The van der Waals surface area contributed by atoms with Crippen molar-refractivity contribution < 1.29 is 4.79 Å². The van der Waals surface area contributed by atoms with E-state index < -0.39 is 11.2 Å². The Bertz CT molecular complexity index is 1140. The first-order valence-electron chi connectivity index (χ1n) is 11.2. The number of nitrogens with one attached hydrogen (secondary N) is 2. The number of nitrogen functional groups attached to an aromatic ring is 1. The smallest absolute Gasteiger partial charge is 0.330 e. The van der Waals surface area contributed by atoms with Crippen LogP contribution in [0.5, 0.6) is 0 Å². The van der Waals surface area contributed by atoms with Gasteiger partial charge in [0.2, 0.25) is 5.91 Å². The van der Waals surface area contributed by atoms with Crippen molar-refractivity contribution in [3.63, 3.8) is 0 Å². The van der Waals surface area contributed by atoms with E-state index in [-0.39, 0.29) is 43.5 Å². The monoisotopic (exact) mass is 450 g/mol. The van der Waals surface area contributed by atoms with Crippen molar-refractivity contribution in [2.24, 2.45) is 0 Å². The number of rotatable bonds is 10. The van der Waals surface area contributed by atoms with Crippen LogP contribution in [-0.2, 0) is 11.3 Å². The largest absolute Gasteiger partial charge is 0.383 e. The molecule has 2 aromatic rings. The molecule has 3 rings (SSSR count). The van der Waals surface area contributed by atoms with Crippen LogP contribution < -0.4 is 27.2 Å². The molecule has 0 aliphatic heterocycles. The molecule has 0 fully saturated rings. The highest BCUT2D eigenvalue weighted by Gasteiger charge is 2.21. The molecule has 4 N–H and O–H groups in total. The van der Waals surface area contributed by atoms with Gasteiger partial charge in [-0.15, -0.1) is 0 Å². The summed E-state index contributed by atoms with van der Waals surface area (Å²) < 4.78 is 1.31. The van der Waals surface area contributed by atoms with Gasteiger partial charge in [0, 0.05) is 13.1 Å². The summed E-state index contributed by atoms with van der Waals surface area (Å²) in [5, 5.41) is 11.4. The third-order valence-electron chi connectivity index (χ3n) is 5.70. The van der Waals surface area contributed by atoms with Gasteiger partial charge >= 0.3 is 5.69 Å². The maximum atomic E-state index is 12.8. The summed E-state index contributed by atoms with van der Waals surface area (Å²) in [6.45, 7) is 0.736. The van der Waals surface area contributed by atoms with E-state index in [4.69, 9.17) is 11.0 Å². The Kier molecular flexibility index (Phi) is 8.47. The quantitative estimate of drug-likeness (QED) is 0.373. The highest BCUT2D eigenvalue weighted by molar-refractivity contribution is 5.82. The van der Waals surface area contributed by atoms with Gasteiger partial charge in [-0.05, 0) is 37.7 Å². The van der Waals surface area contributed by atoms with Gasteiger partial charge in [0.1, 0.15) is 11.5 Å². The number of nitriles is 1. The van der Waals surface area contributed by atoms with Gasteiger partial charge in [-0.1, -0.05) is 42.0 Å². The van der Waals surface area contributed by atoms with Gasteiger partial charge < -0.3 is 16.0 Å². The van der Waals surface area contributed by atoms with Crippen molar-refractivity contribution in [3.8, 4) is 6.07 Å². The number of allylic oxidation sites excluding steroid dienone is 1. The fourth-order valence-corrected chi connectivity index (χ4v) is 3.97. The zero-order valence-corrected chi connectivity index (χ0v) is 18.7. The molecule has 1 heterocycles. The second-order valence-corrected chi connectivity index (χ2v) is 8.10. The summed E-state index contributed by atoms with van der Waals surface area (Å²) in [7, 11) is 0. The van der Waals surface area contributed by atoms with Crippen LogP contribution in [-0.4, -0.2) is 35.1 Å². The summed E-state index contributed by atoms with van der Waals surface area (Å²) in [5.74, 6) is -0.294. The molecule has 0 bridgehead atoms. The Morgan fingerprint density at radius 3 is 2.73 bits per heavy atom. The molecule has 1 aliphatic carbocycles. The molecule has 9 heteroatoms. The Balaban J connectivity index is 1.91. The maximum Gasteiger partial charge on any atom is 0.330 e. The van der Waals surface area contributed by atoms with Crippen LogP contribution in [0.3, 0.4) is 0 Å². The third-order valence-corrected chi connectivity index (χ3v) is 5.70. The minimum absolute atomic E-state index is 0.0232. The molecule has 0 unspecified atom stereocenters. The van der Waals surface area contributed by atoms with Crippen molar-refractivity contribution in [1.82, 2.24) is 14.9 Å². The number of hydrogen-bond donors (Lipinski definition) is 3. The Morgan fingerprint density at radius 2 is 2.03 bits per heavy atom. The lowest BCUT2D eigenvalue weighted by atomic mass is 9.97. The van der Waals surface area contributed by atoms with Gasteiger partial charge in [-0.25, -0.2) is 4.79 Å². The number of carbonyl (C=O) groups is 1. The standard InChI is InChI=1S/C24H30N6O3/c25-13-7-14-27-20(31)17-29(15-12-18-8-3-1-4-9-18)21-22(26)30(24(33)28-23(21)32)16-19-10-5-2-6-11-19/h2,5-6,8,10-11H,1,3-4,7,9,12,14-17,26H2,(H,27,31)(H,28,32,33). The fourth-order valence-electron chi connectivity index (χ4n) is 3.97. The molecule has 1 amide bonds. The lowest BCUT2D eigenvalue weighted by Crippen LogP contribution is -2.43. The number of nitrogens with two attached hydrogens (primary N) is 1. The topological polar surface area (TPSA) is 137 Å². The van der Waals surface area contributed by atoms with Gasteiger partial charge in [-0.3, -0.25) is 19.1 Å². The highest BCUT2D eigenvalue weighted by Crippen LogP contribution is 2.23. The SMILES string of the molecule is N#CCCNC(=O)CN(CCC1=CCCCC1)c1c(N)n(Cc2ccccc2)c(=O)[nH]c1=O. The van der Waals surface area contributed by atoms with E-state index in [9.17, 15) is 14.4 Å². The van der Waals surface area contributed by atoms with Crippen molar-refractivity contribution in [2.75, 3.05) is 30.3 Å². The van der Waals surface area contributed by atoms with E-state index in [0.717, 1.165) is 24.8 Å². The number of benzene rings is 1. The Morgan fingerprint density at radius 1 is 1.24 bits per heavy atom. The Labute approximate surface area is 192 Å². The Hall–Kier alpha value is -3.80. The molecule has 0 radical (unpaired) electrons. The van der Waals surface area contributed by atoms with Crippen LogP contribution in [0.25, 0.3) is 0 Å². The molecule has 1 aromatic carbocycles. The molecule has 1 aromatic heterocycles. The first-order valence-corrected chi connectivity index (χ1v) is 11.2. The molecule has 0 spiro atoms. The van der Waals surface area contributed by atoms with Crippen LogP contribution >= 0.6 is 0 Å². The molecule has 9 nitrogen and oxygen atoms in total.